The number of methoxy groups -OCH3 is 2. The van der Waals surface area contributed by atoms with Gasteiger partial charge in [0.1, 0.15) is 27.8 Å². The molecule has 38 heavy (non-hydrogen) atoms. The Morgan fingerprint density at radius 1 is 1.26 bits per heavy atom. The Labute approximate surface area is 222 Å². The summed E-state index contributed by atoms with van der Waals surface area (Å²) in [4.78, 5) is 39.3. The van der Waals surface area contributed by atoms with Gasteiger partial charge in [0, 0.05) is 43.8 Å². The molecule has 2 atom stereocenters. The predicted octanol–water partition coefficient (Wildman–Crippen LogP) is 3.85. The van der Waals surface area contributed by atoms with E-state index in [1.807, 2.05) is 6.07 Å². The van der Waals surface area contributed by atoms with E-state index in [4.69, 9.17) is 30.3 Å². The lowest BCUT2D eigenvalue weighted by Gasteiger charge is -2.36. The molecule has 196 valence electrons. The summed E-state index contributed by atoms with van der Waals surface area (Å²) in [6.07, 6.45) is 3.09. The van der Waals surface area contributed by atoms with E-state index >= 15 is 0 Å². The van der Waals surface area contributed by atoms with Crippen LogP contribution in [0, 0.1) is 5.92 Å². The molecule has 1 N–H and O–H groups in total. The molecule has 0 saturated carbocycles. The highest BCUT2D eigenvalue weighted by Crippen LogP contribution is 2.54. The van der Waals surface area contributed by atoms with Crippen molar-refractivity contribution in [3.05, 3.63) is 58.3 Å². The second kappa shape index (κ2) is 9.90. The summed E-state index contributed by atoms with van der Waals surface area (Å²) in [7, 11) is 2.81. The Morgan fingerprint density at radius 3 is 2.76 bits per heavy atom. The molecule has 2 aromatic heterocycles. The van der Waals surface area contributed by atoms with Crippen molar-refractivity contribution in [3.8, 4) is 28.8 Å². The molecule has 0 unspecified atom stereocenters. The van der Waals surface area contributed by atoms with E-state index in [0.29, 0.717) is 17.4 Å². The fourth-order valence-corrected chi connectivity index (χ4v) is 4.85. The second-order valence-electron chi connectivity index (χ2n) is 8.77. The maximum Gasteiger partial charge on any atom is 0.231 e. The van der Waals surface area contributed by atoms with E-state index in [-0.39, 0.29) is 58.6 Å². The number of ketones is 2. The van der Waals surface area contributed by atoms with Crippen molar-refractivity contribution in [1.82, 2.24) is 15.1 Å². The number of pyridine rings is 1. The predicted molar refractivity (Wildman–Crippen MR) is 135 cm³/mol. The minimum atomic E-state index is -1.86. The maximum absolute atomic E-state index is 13.7. The van der Waals surface area contributed by atoms with E-state index in [0.717, 1.165) is 0 Å². The smallest absolute Gasteiger partial charge is 0.231 e. The van der Waals surface area contributed by atoms with Crippen LogP contribution >= 0.6 is 11.6 Å². The van der Waals surface area contributed by atoms with Crippen LogP contribution in [0.15, 0.2) is 51.3 Å². The number of aliphatic hydroxyl groups excluding tert-OH is 1. The third-order valence-corrected chi connectivity index (χ3v) is 6.91. The van der Waals surface area contributed by atoms with Crippen LogP contribution in [-0.4, -0.2) is 64.4 Å². The number of ether oxygens (including phenoxy) is 3. The summed E-state index contributed by atoms with van der Waals surface area (Å²) in [6.45, 7) is 1.83. The van der Waals surface area contributed by atoms with Crippen LogP contribution in [0.1, 0.15) is 29.6 Å². The lowest BCUT2D eigenvalue weighted by atomic mass is 9.73. The van der Waals surface area contributed by atoms with Crippen molar-refractivity contribution < 1.29 is 33.4 Å². The molecule has 5 rings (SSSR count). The first-order chi connectivity index (χ1) is 18.3. The summed E-state index contributed by atoms with van der Waals surface area (Å²) < 4.78 is 22.0. The van der Waals surface area contributed by atoms with Crippen molar-refractivity contribution >= 4 is 29.4 Å². The Balaban J connectivity index is 1.41. The highest BCUT2D eigenvalue weighted by atomic mass is 35.5. The van der Waals surface area contributed by atoms with Crippen LogP contribution in [0.3, 0.4) is 0 Å². The van der Waals surface area contributed by atoms with Gasteiger partial charge in [0.05, 0.1) is 19.8 Å². The van der Waals surface area contributed by atoms with Gasteiger partial charge in [-0.2, -0.15) is 4.98 Å². The maximum atomic E-state index is 13.7. The number of carbonyl (C=O) groups excluding carboxylic acids is 2. The molecule has 3 heterocycles. The van der Waals surface area contributed by atoms with Crippen molar-refractivity contribution in [3.63, 3.8) is 0 Å². The van der Waals surface area contributed by atoms with E-state index in [1.165, 1.54) is 26.5 Å². The molecule has 12 heteroatoms. The minimum absolute atomic E-state index is 0.0250. The van der Waals surface area contributed by atoms with Crippen LogP contribution in [0.5, 0.6) is 17.2 Å². The molecule has 2 aliphatic rings. The van der Waals surface area contributed by atoms with Gasteiger partial charge < -0.3 is 23.8 Å². The molecule has 11 nitrogen and oxygen atoms in total. The number of carbonyl (C=O) groups is 2. The SMILES string of the molecule is COc1cc(OC)c2c(c1Cl)O[C@]1(C2=O)C(O)=C(C=NCCc2nc(-c3ccccn3)no2)C(=O)C[C@H]1C. The van der Waals surface area contributed by atoms with Crippen molar-refractivity contribution in [2.24, 2.45) is 10.9 Å². The number of rotatable bonds is 7. The highest BCUT2D eigenvalue weighted by molar-refractivity contribution is 6.35. The number of halogens is 1. The van der Waals surface area contributed by atoms with Gasteiger partial charge in [-0.1, -0.05) is 29.7 Å². The summed E-state index contributed by atoms with van der Waals surface area (Å²) in [5.74, 6) is -1.03. The number of allylic oxidation sites excluding steroid dienone is 1. The van der Waals surface area contributed by atoms with Crippen molar-refractivity contribution in [2.45, 2.75) is 25.4 Å². The Bertz CT molecular complexity index is 1480. The Morgan fingerprint density at radius 2 is 2.05 bits per heavy atom. The standard InChI is InChI=1S/C26H23ClN4O7/c1-13-10-16(32)14(12-28-9-7-19-30-25(31-38-19)15-6-4-5-8-29-15)23(33)26(13)24(34)20-17(35-2)11-18(36-3)21(27)22(20)37-26/h4-6,8,11-13,33H,7,9-10H2,1-3H3/t13-,26+/m1/s1. The molecule has 0 bridgehead atoms. The average molecular weight is 539 g/mol. The third-order valence-electron chi connectivity index (χ3n) is 6.55. The lowest BCUT2D eigenvalue weighted by Crippen LogP contribution is -2.52. The molecular weight excluding hydrogens is 516 g/mol. The molecule has 0 amide bonds. The number of aliphatic imine (C=N–C) groups is 1. The average Bonchev–Trinajstić information content (AvgIpc) is 3.52. The molecule has 0 saturated heterocycles. The molecule has 3 aromatic rings. The minimum Gasteiger partial charge on any atom is -0.507 e. The van der Waals surface area contributed by atoms with Crippen molar-refractivity contribution in [1.29, 1.82) is 0 Å². The van der Waals surface area contributed by atoms with E-state index in [2.05, 4.69) is 20.1 Å². The van der Waals surface area contributed by atoms with Crippen molar-refractivity contribution in [2.75, 3.05) is 20.8 Å². The molecule has 1 aliphatic carbocycles. The molecule has 1 aliphatic heterocycles. The van der Waals surface area contributed by atoms with E-state index < -0.39 is 23.1 Å². The number of Topliss-reactive ketones (excluding diaryl/α,β-unsaturated/α-hetero) is 2. The molecule has 1 aromatic carbocycles. The fraction of sp³-hybridized carbons (Fsp3) is 0.308. The summed E-state index contributed by atoms with van der Waals surface area (Å²) >= 11 is 6.44. The third kappa shape index (κ3) is 3.99. The van der Waals surface area contributed by atoms with Gasteiger partial charge in [-0.25, -0.2) is 0 Å². The topological polar surface area (TPSA) is 146 Å². The van der Waals surface area contributed by atoms with Crippen LogP contribution in [-0.2, 0) is 11.2 Å². The first-order valence-corrected chi connectivity index (χ1v) is 12.1. The van der Waals surface area contributed by atoms with Gasteiger partial charge in [-0.3, -0.25) is 19.6 Å². The summed E-state index contributed by atoms with van der Waals surface area (Å²) in [6, 6.07) is 6.83. The largest absolute Gasteiger partial charge is 0.507 e. The summed E-state index contributed by atoms with van der Waals surface area (Å²) in [5.41, 5.74) is -1.33. The van der Waals surface area contributed by atoms with Crippen LogP contribution in [0.4, 0.5) is 0 Å². The quantitative estimate of drug-likeness (QED) is 0.440. The van der Waals surface area contributed by atoms with Gasteiger partial charge in [0.15, 0.2) is 17.3 Å². The van der Waals surface area contributed by atoms with Gasteiger partial charge in [-0.15, -0.1) is 0 Å². The first kappa shape index (κ1) is 25.4. The monoisotopic (exact) mass is 538 g/mol. The second-order valence-corrected chi connectivity index (χ2v) is 9.15. The van der Waals surface area contributed by atoms with Crippen LogP contribution in [0.25, 0.3) is 11.5 Å². The number of hydrogen-bond acceptors (Lipinski definition) is 11. The number of aromatic nitrogens is 3. The first-order valence-electron chi connectivity index (χ1n) is 11.7. The zero-order valence-electron chi connectivity index (χ0n) is 20.7. The Kier molecular flexibility index (Phi) is 6.62. The number of benzene rings is 1. The lowest BCUT2D eigenvalue weighted by molar-refractivity contribution is -0.118. The summed E-state index contributed by atoms with van der Waals surface area (Å²) in [5, 5.41) is 15.3. The fourth-order valence-electron chi connectivity index (χ4n) is 4.58. The number of fused-ring (bicyclic) bond motifs is 1. The molecular formula is C26H23ClN4O7. The zero-order valence-corrected chi connectivity index (χ0v) is 21.5. The molecule has 0 fully saturated rings. The Hall–Kier alpha value is -4.25. The molecule has 0 radical (unpaired) electrons. The van der Waals surface area contributed by atoms with Gasteiger partial charge >= 0.3 is 0 Å². The number of nitrogens with zero attached hydrogens (tertiary/aromatic N) is 4. The van der Waals surface area contributed by atoms with E-state index in [9.17, 15) is 14.7 Å². The number of hydrogen-bond donors (Lipinski definition) is 1. The van der Waals surface area contributed by atoms with Crippen LogP contribution < -0.4 is 14.2 Å². The zero-order chi connectivity index (χ0) is 27.0. The number of aliphatic hydroxyl groups is 1. The van der Waals surface area contributed by atoms with Gasteiger partial charge in [0.2, 0.25) is 23.1 Å². The van der Waals surface area contributed by atoms with E-state index in [1.54, 1.807) is 25.3 Å². The highest BCUT2D eigenvalue weighted by Gasteiger charge is 2.60. The van der Waals surface area contributed by atoms with Gasteiger partial charge in [-0.05, 0) is 12.1 Å². The van der Waals surface area contributed by atoms with Crippen LogP contribution in [0.2, 0.25) is 5.02 Å². The molecule has 1 spiro atoms. The van der Waals surface area contributed by atoms with Gasteiger partial charge in [0.25, 0.3) is 0 Å². The normalized spacial score (nSPS) is 20.8.